The number of anilines is 3. The molecule has 1 aliphatic rings. The topological polar surface area (TPSA) is 62.2 Å². The molecule has 25 heavy (non-hydrogen) atoms. The molecule has 0 atom stereocenters. The third-order valence-corrected chi connectivity index (χ3v) is 3.51. The number of fused-ring (bicyclic) bond motifs is 1. The number of rotatable bonds is 3. The van der Waals surface area contributed by atoms with Crippen molar-refractivity contribution in [3.63, 3.8) is 0 Å². The summed E-state index contributed by atoms with van der Waals surface area (Å²) in [6.45, 7) is 4.68. The molecule has 134 valence electrons. The molecule has 8 heteroatoms. The Hall–Kier alpha value is -2.64. The lowest BCUT2D eigenvalue weighted by molar-refractivity contribution is -0.137. The summed E-state index contributed by atoms with van der Waals surface area (Å²) in [5.74, 6) is -0.153. The van der Waals surface area contributed by atoms with Crippen LogP contribution >= 0.6 is 0 Å². The van der Waals surface area contributed by atoms with E-state index in [-0.39, 0.29) is 11.8 Å². The molecule has 0 spiro atoms. The fraction of sp³-hybridized carbons (Fsp3) is 0.353. The quantitative estimate of drug-likeness (QED) is 0.866. The Kier molecular flexibility index (Phi) is 5.95. The van der Waals surface area contributed by atoms with Crippen molar-refractivity contribution in [2.24, 2.45) is 4.99 Å². The van der Waals surface area contributed by atoms with E-state index in [1.165, 1.54) is 7.05 Å². The zero-order valence-electron chi connectivity index (χ0n) is 14.3. The highest BCUT2D eigenvalue weighted by molar-refractivity contribution is 5.86. The standard InChI is InChI=1S/C15H14F3N5.C2H6/c1-19-13-11(15(16,17)18)8-21-14(23-13)22-12-4-2-3-9-7-20-6-5-10(9)12;1-2/h2-4,7-8H,5-6H2,1H3,(H2,19,21,22,23);1-2H3. The Bertz CT molecular complexity index is 756. The van der Waals surface area contributed by atoms with Gasteiger partial charge in [-0.3, -0.25) is 4.99 Å². The average molecular weight is 351 g/mol. The fourth-order valence-electron chi connectivity index (χ4n) is 2.42. The van der Waals surface area contributed by atoms with Crippen LogP contribution in [0.5, 0.6) is 0 Å². The van der Waals surface area contributed by atoms with Crippen LogP contribution in [-0.4, -0.2) is 29.8 Å². The first-order valence-electron chi connectivity index (χ1n) is 8.00. The van der Waals surface area contributed by atoms with Crippen LogP contribution in [0.2, 0.25) is 0 Å². The first-order valence-corrected chi connectivity index (χ1v) is 8.00. The molecule has 2 heterocycles. The molecule has 0 saturated heterocycles. The van der Waals surface area contributed by atoms with E-state index < -0.39 is 11.7 Å². The molecule has 3 rings (SSSR count). The second kappa shape index (κ2) is 7.96. The maximum Gasteiger partial charge on any atom is 0.421 e. The molecule has 0 bridgehead atoms. The highest BCUT2D eigenvalue weighted by atomic mass is 19.4. The first-order chi connectivity index (χ1) is 12.0. The lowest BCUT2D eigenvalue weighted by Gasteiger charge is -2.17. The van der Waals surface area contributed by atoms with Crippen molar-refractivity contribution in [3.05, 3.63) is 41.1 Å². The van der Waals surface area contributed by atoms with Gasteiger partial charge in [0, 0.05) is 31.7 Å². The highest BCUT2D eigenvalue weighted by Crippen LogP contribution is 2.34. The van der Waals surface area contributed by atoms with Gasteiger partial charge in [-0.2, -0.15) is 18.2 Å². The second-order valence-electron chi connectivity index (χ2n) is 4.99. The van der Waals surface area contributed by atoms with Crippen LogP contribution in [0, 0.1) is 0 Å². The Morgan fingerprint density at radius 1 is 1.16 bits per heavy atom. The van der Waals surface area contributed by atoms with E-state index in [9.17, 15) is 13.2 Å². The summed E-state index contributed by atoms with van der Waals surface area (Å²) >= 11 is 0. The number of aromatic nitrogens is 2. The predicted molar refractivity (Wildman–Crippen MR) is 93.8 cm³/mol. The van der Waals surface area contributed by atoms with Crippen LogP contribution in [0.15, 0.2) is 29.4 Å². The average Bonchev–Trinajstić information content (AvgIpc) is 2.63. The Morgan fingerprint density at radius 2 is 1.92 bits per heavy atom. The smallest absolute Gasteiger partial charge is 0.372 e. The molecular formula is C17H20F3N5. The number of halogens is 3. The first kappa shape index (κ1) is 18.7. The van der Waals surface area contributed by atoms with Gasteiger partial charge in [-0.25, -0.2) is 4.98 Å². The zero-order valence-corrected chi connectivity index (χ0v) is 14.3. The molecule has 1 aromatic carbocycles. The van der Waals surface area contributed by atoms with Crippen molar-refractivity contribution in [3.8, 4) is 0 Å². The van der Waals surface area contributed by atoms with E-state index >= 15 is 0 Å². The van der Waals surface area contributed by atoms with Crippen LogP contribution in [0.25, 0.3) is 0 Å². The highest BCUT2D eigenvalue weighted by Gasteiger charge is 2.35. The van der Waals surface area contributed by atoms with Gasteiger partial charge in [0.2, 0.25) is 5.95 Å². The van der Waals surface area contributed by atoms with Crippen LogP contribution in [0.3, 0.4) is 0 Å². The Labute approximate surface area is 144 Å². The molecule has 2 N–H and O–H groups in total. The number of alkyl halides is 3. The summed E-state index contributed by atoms with van der Waals surface area (Å²) in [5.41, 5.74) is 1.92. The molecule has 0 amide bonds. The lowest BCUT2D eigenvalue weighted by Crippen LogP contribution is -2.13. The number of benzene rings is 1. The SMILES string of the molecule is CC.CNc1nc(Nc2cccc3c2CCN=C3)ncc1C(F)(F)F. The largest absolute Gasteiger partial charge is 0.421 e. The van der Waals surface area contributed by atoms with Gasteiger partial charge in [0.25, 0.3) is 0 Å². The lowest BCUT2D eigenvalue weighted by atomic mass is 10.0. The molecule has 0 aliphatic carbocycles. The number of hydrogen-bond acceptors (Lipinski definition) is 5. The molecule has 1 aliphatic heterocycles. The number of nitrogens with zero attached hydrogens (tertiary/aromatic N) is 3. The monoisotopic (exact) mass is 351 g/mol. The maximum atomic E-state index is 12.9. The molecule has 0 saturated carbocycles. The van der Waals surface area contributed by atoms with Gasteiger partial charge in [0.05, 0.1) is 0 Å². The Morgan fingerprint density at radius 3 is 2.60 bits per heavy atom. The van der Waals surface area contributed by atoms with Gasteiger partial charge >= 0.3 is 6.18 Å². The number of aliphatic imine (C=N–C) groups is 1. The number of hydrogen-bond donors (Lipinski definition) is 2. The number of nitrogens with one attached hydrogen (secondary N) is 2. The Balaban J connectivity index is 0.00000109. The van der Waals surface area contributed by atoms with Crippen molar-refractivity contribution < 1.29 is 13.2 Å². The summed E-state index contributed by atoms with van der Waals surface area (Å²) in [6, 6.07) is 5.63. The van der Waals surface area contributed by atoms with Crippen molar-refractivity contribution >= 4 is 23.7 Å². The van der Waals surface area contributed by atoms with E-state index in [1.807, 2.05) is 32.0 Å². The molecule has 1 aromatic heterocycles. The predicted octanol–water partition coefficient (Wildman–Crippen LogP) is 4.28. The summed E-state index contributed by atoms with van der Waals surface area (Å²) in [5, 5.41) is 5.45. The second-order valence-corrected chi connectivity index (χ2v) is 4.99. The third-order valence-electron chi connectivity index (χ3n) is 3.51. The summed E-state index contributed by atoms with van der Waals surface area (Å²) in [6.07, 6.45) is -1.18. The molecule has 0 fully saturated rings. The molecular weight excluding hydrogens is 331 g/mol. The summed E-state index contributed by atoms with van der Waals surface area (Å²) in [4.78, 5) is 11.9. The van der Waals surface area contributed by atoms with Crippen LogP contribution < -0.4 is 10.6 Å². The normalized spacial score (nSPS) is 12.7. The minimum absolute atomic E-state index is 0.110. The van der Waals surface area contributed by atoms with Crippen molar-refractivity contribution in [1.82, 2.24) is 9.97 Å². The van der Waals surface area contributed by atoms with Crippen LogP contribution in [0.1, 0.15) is 30.5 Å². The third kappa shape index (κ3) is 4.26. The van der Waals surface area contributed by atoms with Gasteiger partial charge in [0.15, 0.2) is 0 Å². The summed E-state index contributed by atoms with van der Waals surface area (Å²) in [7, 11) is 1.39. The van der Waals surface area contributed by atoms with Crippen molar-refractivity contribution in [2.45, 2.75) is 26.4 Å². The minimum atomic E-state index is -4.50. The zero-order chi connectivity index (χ0) is 18.4. The van der Waals surface area contributed by atoms with Gasteiger partial charge < -0.3 is 10.6 Å². The van der Waals surface area contributed by atoms with E-state index in [2.05, 4.69) is 25.6 Å². The van der Waals surface area contributed by atoms with Crippen LogP contribution in [-0.2, 0) is 12.6 Å². The van der Waals surface area contributed by atoms with E-state index in [4.69, 9.17) is 0 Å². The van der Waals surface area contributed by atoms with Gasteiger partial charge in [-0.05, 0) is 23.6 Å². The molecule has 2 aromatic rings. The van der Waals surface area contributed by atoms with Crippen molar-refractivity contribution in [1.29, 1.82) is 0 Å². The van der Waals surface area contributed by atoms with E-state index in [0.717, 1.165) is 29.4 Å². The van der Waals surface area contributed by atoms with Crippen molar-refractivity contribution in [2.75, 3.05) is 24.2 Å². The molecule has 0 radical (unpaired) electrons. The van der Waals surface area contributed by atoms with E-state index in [0.29, 0.717) is 6.54 Å². The van der Waals surface area contributed by atoms with Gasteiger partial charge in [-0.1, -0.05) is 26.0 Å². The van der Waals surface area contributed by atoms with E-state index in [1.54, 1.807) is 6.21 Å². The van der Waals surface area contributed by atoms with Crippen LogP contribution in [0.4, 0.5) is 30.6 Å². The fourth-order valence-corrected chi connectivity index (χ4v) is 2.42. The molecule has 0 unspecified atom stereocenters. The van der Waals surface area contributed by atoms with Gasteiger partial charge in [0.1, 0.15) is 11.4 Å². The maximum absolute atomic E-state index is 12.9. The molecule has 5 nitrogen and oxygen atoms in total. The summed E-state index contributed by atoms with van der Waals surface area (Å²) < 4.78 is 38.6. The minimum Gasteiger partial charge on any atom is -0.372 e. The van der Waals surface area contributed by atoms with Gasteiger partial charge in [-0.15, -0.1) is 0 Å².